The van der Waals surface area contributed by atoms with Crippen molar-refractivity contribution in [3.8, 4) is 0 Å². The Morgan fingerprint density at radius 1 is 1.56 bits per heavy atom. The van der Waals surface area contributed by atoms with Crippen LogP contribution >= 0.6 is 0 Å². The van der Waals surface area contributed by atoms with E-state index >= 15 is 0 Å². The molecule has 0 radical (unpaired) electrons. The molecule has 0 amide bonds. The molecule has 0 aromatic rings. The largest absolute Gasteiger partial charge is 0.501 e. The predicted octanol–water partition coefficient (Wildman–Crippen LogP) is 2.19. The molecule has 0 bridgehead atoms. The molecule has 0 spiro atoms. The van der Waals surface area contributed by atoms with E-state index in [1.54, 1.807) is 7.11 Å². The summed E-state index contributed by atoms with van der Waals surface area (Å²) < 4.78 is 5.15. The van der Waals surface area contributed by atoms with Gasteiger partial charge in [0.15, 0.2) is 0 Å². The van der Waals surface area contributed by atoms with Gasteiger partial charge in [0.2, 0.25) is 0 Å². The van der Waals surface area contributed by atoms with Crippen LogP contribution in [0.4, 0.5) is 0 Å². The molecule has 0 aromatic carbocycles. The minimum absolute atomic E-state index is 0.634. The number of ether oxygens (including phenoxy) is 1. The molecule has 9 heavy (non-hydrogen) atoms. The highest BCUT2D eigenvalue weighted by atomic mass is 16.5. The Kier molecular flexibility index (Phi) is 1.79. The molecule has 0 N–H and O–H groups in total. The lowest BCUT2D eigenvalue weighted by Gasteiger charge is -2.11. The van der Waals surface area contributed by atoms with Crippen LogP contribution in [0, 0.1) is 11.8 Å². The number of methoxy groups -OCH3 is 1. The first-order chi connectivity index (χ1) is 4.25. The summed E-state index contributed by atoms with van der Waals surface area (Å²) in [5.41, 5.74) is 0. The molecule has 0 aromatic heterocycles. The Morgan fingerprint density at radius 2 is 2.22 bits per heavy atom. The minimum Gasteiger partial charge on any atom is -0.501 e. The molecule has 0 saturated carbocycles. The third-order valence-corrected chi connectivity index (χ3v) is 2.23. The number of rotatable bonds is 1. The Balaban J connectivity index is 2.55. The predicted molar refractivity (Wildman–Crippen MR) is 38.0 cm³/mol. The second-order valence-corrected chi connectivity index (χ2v) is 2.81. The molecule has 1 aliphatic carbocycles. The van der Waals surface area contributed by atoms with Gasteiger partial charge in [0.25, 0.3) is 0 Å². The average Bonchev–Trinajstić information content (AvgIpc) is 2.15. The monoisotopic (exact) mass is 126 g/mol. The van der Waals surface area contributed by atoms with Gasteiger partial charge in [-0.05, 0) is 18.4 Å². The minimum atomic E-state index is 0.634. The first kappa shape index (κ1) is 6.66. The molecular formula is C8H14O. The summed E-state index contributed by atoms with van der Waals surface area (Å²) in [7, 11) is 1.75. The van der Waals surface area contributed by atoms with Crippen molar-refractivity contribution in [3.63, 3.8) is 0 Å². The summed E-state index contributed by atoms with van der Waals surface area (Å²) in [4.78, 5) is 0. The van der Waals surface area contributed by atoms with Crippen LogP contribution in [-0.4, -0.2) is 7.11 Å². The molecule has 52 valence electrons. The average molecular weight is 126 g/mol. The molecule has 1 nitrogen and oxygen atoms in total. The van der Waals surface area contributed by atoms with E-state index < -0.39 is 0 Å². The lowest BCUT2D eigenvalue weighted by atomic mass is 9.99. The van der Waals surface area contributed by atoms with Gasteiger partial charge in [-0.15, -0.1) is 0 Å². The summed E-state index contributed by atoms with van der Waals surface area (Å²) in [6.45, 7) is 4.47. The van der Waals surface area contributed by atoms with E-state index in [9.17, 15) is 0 Å². The Morgan fingerprint density at radius 3 is 2.44 bits per heavy atom. The normalized spacial score (nSPS) is 34.3. The fourth-order valence-corrected chi connectivity index (χ4v) is 1.24. The smallest absolute Gasteiger partial charge is 0.0946 e. The zero-order valence-corrected chi connectivity index (χ0v) is 6.35. The molecule has 0 heterocycles. The molecule has 1 rings (SSSR count). The molecule has 1 aliphatic rings. The van der Waals surface area contributed by atoms with Crippen molar-refractivity contribution in [1.29, 1.82) is 0 Å². The number of allylic oxidation sites excluding steroid dienone is 2. The van der Waals surface area contributed by atoms with Crippen molar-refractivity contribution in [2.75, 3.05) is 7.11 Å². The molecule has 0 saturated heterocycles. The molecule has 2 atom stereocenters. The van der Waals surface area contributed by atoms with E-state index in [0.717, 1.165) is 5.92 Å². The molecule has 0 fully saturated rings. The Bertz CT molecular complexity index is 127. The van der Waals surface area contributed by atoms with Crippen molar-refractivity contribution in [3.05, 3.63) is 11.8 Å². The first-order valence-electron chi connectivity index (χ1n) is 3.49. The summed E-state index contributed by atoms with van der Waals surface area (Å²) in [5, 5.41) is 0. The maximum Gasteiger partial charge on any atom is 0.0946 e. The fourth-order valence-electron chi connectivity index (χ4n) is 1.24. The first-order valence-corrected chi connectivity index (χ1v) is 3.49. The van der Waals surface area contributed by atoms with Crippen molar-refractivity contribution < 1.29 is 4.74 Å². The highest BCUT2D eigenvalue weighted by Gasteiger charge is 2.21. The van der Waals surface area contributed by atoms with Gasteiger partial charge in [0.05, 0.1) is 12.9 Å². The molecule has 1 heteroatoms. The van der Waals surface area contributed by atoms with Gasteiger partial charge < -0.3 is 4.74 Å². The second kappa shape index (κ2) is 2.42. The molecule has 0 aliphatic heterocycles. The lowest BCUT2D eigenvalue weighted by molar-refractivity contribution is 0.237. The lowest BCUT2D eigenvalue weighted by Crippen LogP contribution is -2.03. The van der Waals surface area contributed by atoms with Gasteiger partial charge in [-0.2, -0.15) is 0 Å². The van der Waals surface area contributed by atoms with Gasteiger partial charge in [0.1, 0.15) is 0 Å². The zero-order chi connectivity index (χ0) is 6.85. The fraction of sp³-hybridized carbons (Fsp3) is 0.750. The van der Waals surface area contributed by atoms with E-state index in [2.05, 4.69) is 19.9 Å². The quantitative estimate of drug-likeness (QED) is 0.523. The SMILES string of the molecule is COC1=CCC(C)C1C. The maximum absolute atomic E-state index is 5.15. The third kappa shape index (κ3) is 1.09. The van der Waals surface area contributed by atoms with Crippen molar-refractivity contribution >= 4 is 0 Å². The molecular weight excluding hydrogens is 112 g/mol. The van der Waals surface area contributed by atoms with Crippen LogP contribution in [0.25, 0.3) is 0 Å². The summed E-state index contributed by atoms with van der Waals surface area (Å²) in [5.74, 6) is 2.58. The summed E-state index contributed by atoms with van der Waals surface area (Å²) in [6, 6.07) is 0. The Labute approximate surface area is 56.7 Å². The van der Waals surface area contributed by atoms with Gasteiger partial charge in [-0.1, -0.05) is 13.8 Å². The van der Waals surface area contributed by atoms with Crippen LogP contribution < -0.4 is 0 Å². The van der Waals surface area contributed by atoms with E-state index in [1.807, 2.05) is 0 Å². The van der Waals surface area contributed by atoms with Crippen LogP contribution in [-0.2, 0) is 4.74 Å². The highest BCUT2D eigenvalue weighted by molar-refractivity contribution is 5.06. The van der Waals surface area contributed by atoms with E-state index in [1.165, 1.54) is 12.2 Å². The van der Waals surface area contributed by atoms with E-state index in [4.69, 9.17) is 4.74 Å². The highest BCUT2D eigenvalue weighted by Crippen LogP contribution is 2.30. The van der Waals surface area contributed by atoms with Crippen LogP contribution in [0.1, 0.15) is 20.3 Å². The van der Waals surface area contributed by atoms with E-state index in [-0.39, 0.29) is 0 Å². The summed E-state index contributed by atoms with van der Waals surface area (Å²) in [6.07, 6.45) is 3.37. The molecule has 2 unspecified atom stereocenters. The van der Waals surface area contributed by atoms with Crippen LogP contribution in [0.3, 0.4) is 0 Å². The van der Waals surface area contributed by atoms with Crippen LogP contribution in [0.2, 0.25) is 0 Å². The Hall–Kier alpha value is -0.460. The van der Waals surface area contributed by atoms with Crippen LogP contribution in [0.5, 0.6) is 0 Å². The van der Waals surface area contributed by atoms with Gasteiger partial charge in [-0.25, -0.2) is 0 Å². The van der Waals surface area contributed by atoms with Crippen LogP contribution in [0.15, 0.2) is 11.8 Å². The zero-order valence-electron chi connectivity index (χ0n) is 6.35. The van der Waals surface area contributed by atoms with Crippen molar-refractivity contribution in [2.24, 2.45) is 11.8 Å². The van der Waals surface area contributed by atoms with Crippen molar-refractivity contribution in [1.82, 2.24) is 0 Å². The third-order valence-electron chi connectivity index (χ3n) is 2.23. The standard InChI is InChI=1S/C8H14O/c1-6-4-5-8(9-3)7(6)2/h5-7H,4H2,1-3H3. The van der Waals surface area contributed by atoms with E-state index in [0.29, 0.717) is 5.92 Å². The number of hydrogen-bond acceptors (Lipinski definition) is 1. The van der Waals surface area contributed by atoms with Gasteiger partial charge in [0, 0.05) is 5.92 Å². The second-order valence-electron chi connectivity index (χ2n) is 2.81. The van der Waals surface area contributed by atoms with Gasteiger partial charge >= 0.3 is 0 Å². The number of hydrogen-bond donors (Lipinski definition) is 0. The maximum atomic E-state index is 5.15. The van der Waals surface area contributed by atoms with Crippen molar-refractivity contribution in [2.45, 2.75) is 20.3 Å². The summed E-state index contributed by atoms with van der Waals surface area (Å²) >= 11 is 0. The van der Waals surface area contributed by atoms with Gasteiger partial charge in [-0.3, -0.25) is 0 Å². The topological polar surface area (TPSA) is 9.23 Å².